The van der Waals surface area contributed by atoms with E-state index in [2.05, 4.69) is 26.6 Å². The number of carbonyl (C=O) groups excluding carboxylic acids is 2. The summed E-state index contributed by atoms with van der Waals surface area (Å²) in [4.78, 5) is 32.2. The van der Waals surface area contributed by atoms with Crippen LogP contribution in [-0.4, -0.2) is 33.0 Å². The van der Waals surface area contributed by atoms with Crippen LogP contribution < -0.4 is 10.0 Å². The van der Waals surface area contributed by atoms with Gasteiger partial charge >= 0.3 is 0 Å². The van der Waals surface area contributed by atoms with Crippen LogP contribution in [0.25, 0.3) is 5.70 Å². The van der Waals surface area contributed by atoms with E-state index in [1.165, 1.54) is 31.4 Å². The van der Waals surface area contributed by atoms with Crippen molar-refractivity contribution in [3.05, 3.63) is 106 Å². The van der Waals surface area contributed by atoms with Crippen LogP contribution in [0.5, 0.6) is 0 Å². The molecule has 1 aromatic carbocycles. The highest BCUT2D eigenvalue weighted by molar-refractivity contribution is 7.93. The molecule has 1 atom stereocenters. The minimum absolute atomic E-state index is 0.0326. The second-order valence-corrected chi connectivity index (χ2v) is 11.3. The zero-order valence-corrected chi connectivity index (χ0v) is 25.2. The van der Waals surface area contributed by atoms with E-state index in [4.69, 9.17) is 11.6 Å². The lowest BCUT2D eigenvalue weighted by Crippen LogP contribution is -2.23. The second kappa shape index (κ2) is 16.2. The van der Waals surface area contributed by atoms with E-state index in [0.717, 1.165) is 5.57 Å². The highest BCUT2D eigenvalue weighted by atomic mass is 35.5. The van der Waals surface area contributed by atoms with Crippen molar-refractivity contribution in [3.63, 3.8) is 0 Å². The number of hydrogen-bond acceptors (Lipinski definition) is 6. The summed E-state index contributed by atoms with van der Waals surface area (Å²) in [6.07, 6.45) is 18.2. The molecule has 0 radical (unpaired) electrons. The number of carbonyl (C=O) groups is 2. The number of allylic oxidation sites excluding steroid dienone is 10. The predicted molar refractivity (Wildman–Crippen MR) is 170 cm³/mol. The number of nitrogens with one attached hydrogen (secondary N) is 2. The maximum Gasteiger partial charge on any atom is 0.258 e. The molecule has 1 aromatic rings. The van der Waals surface area contributed by atoms with Crippen molar-refractivity contribution < 1.29 is 18.0 Å². The van der Waals surface area contributed by atoms with Crippen LogP contribution in [0.1, 0.15) is 46.1 Å². The number of amides is 1. The van der Waals surface area contributed by atoms with E-state index < -0.39 is 10.0 Å². The van der Waals surface area contributed by atoms with Crippen molar-refractivity contribution in [1.82, 2.24) is 4.72 Å². The summed E-state index contributed by atoms with van der Waals surface area (Å²) in [6, 6.07) is 5.13. The van der Waals surface area contributed by atoms with Gasteiger partial charge in [0, 0.05) is 35.2 Å². The smallest absolute Gasteiger partial charge is 0.258 e. The maximum absolute atomic E-state index is 12.9. The number of rotatable bonds is 13. The molecule has 0 saturated carbocycles. The van der Waals surface area contributed by atoms with Gasteiger partial charge in [-0.15, -0.1) is 6.58 Å². The van der Waals surface area contributed by atoms with Gasteiger partial charge in [-0.2, -0.15) is 0 Å². The SMILES string of the molecule is C=CC(C/C=C(\C)S(=O)(=O)N/C(=C/C=C(\C)C(=O)Nc1ccc(Cl)c(C2=CCC=CC=N2)c1)N=CC)/C(C)=C/C=O. The number of sulfonamides is 1. The zero-order chi connectivity index (χ0) is 30.4. The molecule has 216 valence electrons. The molecule has 1 aliphatic rings. The molecule has 0 spiro atoms. The normalized spacial score (nSPS) is 15.8. The maximum atomic E-state index is 12.9. The number of anilines is 1. The predicted octanol–water partition coefficient (Wildman–Crippen LogP) is 6.69. The highest BCUT2D eigenvalue weighted by Gasteiger charge is 2.16. The van der Waals surface area contributed by atoms with Crippen molar-refractivity contribution in [2.45, 2.75) is 40.5 Å². The molecule has 1 amide bonds. The molecule has 0 saturated heterocycles. The Morgan fingerprint density at radius 3 is 2.66 bits per heavy atom. The summed E-state index contributed by atoms with van der Waals surface area (Å²) < 4.78 is 28.3. The van der Waals surface area contributed by atoms with Crippen LogP contribution >= 0.6 is 11.6 Å². The summed E-state index contributed by atoms with van der Waals surface area (Å²) in [5, 5.41) is 3.34. The van der Waals surface area contributed by atoms with E-state index in [9.17, 15) is 18.0 Å². The topological polar surface area (TPSA) is 117 Å². The average molecular weight is 595 g/mol. The standard InChI is InChI=1S/C31H35ClN4O4S/c1-6-25(22(3)18-20-37)14-13-24(5)41(39,40)36-30(33-7-2)17-12-23(4)31(38)35-26-15-16-28(32)27(21-26)29-11-9-8-10-19-34-29/h6-8,10-13,15-21,25,36H,1,9,14H2,2-5H3,(H,35,38)/b22-18+,23-12+,24-13+,30-17+,33-7?. The van der Waals surface area contributed by atoms with Gasteiger partial charge in [0.25, 0.3) is 15.9 Å². The van der Waals surface area contributed by atoms with Crippen molar-refractivity contribution in [2.24, 2.45) is 15.9 Å². The zero-order valence-electron chi connectivity index (χ0n) is 23.6. The molecule has 1 aliphatic heterocycles. The van der Waals surface area contributed by atoms with Crippen molar-refractivity contribution in [2.75, 3.05) is 5.32 Å². The number of halogens is 1. The molecule has 2 N–H and O–H groups in total. The van der Waals surface area contributed by atoms with E-state index in [0.29, 0.717) is 46.7 Å². The molecular weight excluding hydrogens is 560 g/mol. The van der Waals surface area contributed by atoms with E-state index in [-0.39, 0.29) is 22.6 Å². The fourth-order valence-corrected chi connectivity index (χ4v) is 4.63. The number of aliphatic imine (C=N–C) groups is 2. The quantitative estimate of drug-likeness (QED) is 0.0869. The van der Waals surface area contributed by atoms with Gasteiger partial charge in [-0.3, -0.25) is 19.3 Å². The lowest BCUT2D eigenvalue weighted by atomic mass is 9.96. The first kappa shape index (κ1) is 33.1. The van der Waals surface area contributed by atoms with Gasteiger partial charge in [0.15, 0.2) is 0 Å². The molecular formula is C31H35ClN4O4S. The first-order chi connectivity index (χ1) is 19.5. The third kappa shape index (κ3) is 10.4. The number of nitrogens with zero attached hydrogens (tertiary/aromatic N) is 2. The lowest BCUT2D eigenvalue weighted by Gasteiger charge is -2.12. The van der Waals surface area contributed by atoms with Crippen LogP contribution in [0.15, 0.2) is 105 Å². The van der Waals surface area contributed by atoms with E-state index in [1.54, 1.807) is 57.3 Å². The fourth-order valence-electron chi connectivity index (χ4n) is 3.55. The van der Waals surface area contributed by atoms with Gasteiger partial charge in [0.05, 0.1) is 15.6 Å². The number of aldehydes is 1. The Labute approximate surface area is 247 Å². The monoisotopic (exact) mass is 594 g/mol. The molecule has 1 heterocycles. The molecule has 2 rings (SSSR count). The summed E-state index contributed by atoms with van der Waals surface area (Å²) >= 11 is 6.38. The minimum atomic E-state index is -3.92. The first-order valence-electron chi connectivity index (χ1n) is 12.8. The fraction of sp³-hybridized carbons (Fsp3) is 0.226. The van der Waals surface area contributed by atoms with E-state index >= 15 is 0 Å². The van der Waals surface area contributed by atoms with Gasteiger partial charge < -0.3 is 5.32 Å². The first-order valence-corrected chi connectivity index (χ1v) is 14.7. The summed E-state index contributed by atoms with van der Waals surface area (Å²) in [5.74, 6) is -0.531. The Bertz CT molecular complexity index is 1510. The Balaban J connectivity index is 2.19. The highest BCUT2D eigenvalue weighted by Crippen LogP contribution is 2.29. The molecule has 0 fully saturated rings. The van der Waals surface area contributed by atoms with Crippen LogP contribution in [0.2, 0.25) is 5.02 Å². The Kier molecular flexibility index (Phi) is 13.1. The third-order valence-corrected chi connectivity index (χ3v) is 7.85. The Hall–Kier alpha value is -4.08. The molecule has 0 aliphatic carbocycles. The second-order valence-electron chi connectivity index (χ2n) is 9.01. The minimum Gasteiger partial charge on any atom is -0.322 e. The molecule has 0 aromatic heterocycles. The third-order valence-electron chi connectivity index (χ3n) is 6.02. The molecule has 41 heavy (non-hydrogen) atoms. The Morgan fingerprint density at radius 2 is 1.98 bits per heavy atom. The van der Waals surface area contributed by atoms with Crippen LogP contribution in [-0.2, 0) is 19.6 Å². The van der Waals surface area contributed by atoms with Gasteiger partial charge in [-0.25, -0.2) is 13.4 Å². The number of hydrogen-bond donors (Lipinski definition) is 2. The molecule has 8 nitrogen and oxygen atoms in total. The molecule has 10 heteroatoms. The van der Waals surface area contributed by atoms with Crippen LogP contribution in [0.4, 0.5) is 5.69 Å². The van der Waals surface area contributed by atoms with Crippen molar-refractivity contribution >= 4 is 57.6 Å². The van der Waals surface area contributed by atoms with E-state index in [1.807, 2.05) is 18.2 Å². The summed E-state index contributed by atoms with van der Waals surface area (Å²) in [5.41, 5.74) is 3.03. The van der Waals surface area contributed by atoms with Gasteiger partial charge in [-0.1, -0.05) is 47.6 Å². The Morgan fingerprint density at radius 1 is 1.22 bits per heavy atom. The number of benzene rings is 1. The van der Waals surface area contributed by atoms with Crippen LogP contribution in [0.3, 0.4) is 0 Å². The van der Waals surface area contributed by atoms with Crippen LogP contribution in [0, 0.1) is 5.92 Å². The molecule has 0 bridgehead atoms. The summed E-state index contributed by atoms with van der Waals surface area (Å²) in [7, 11) is -3.92. The van der Waals surface area contributed by atoms with Crippen molar-refractivity contribution in [1.29, 1.82) is 0 Å². The lowest BCUT2D eigenvalue weighted by molar-refractivity contribution is -0.112. The molecule has 1 unspecified atom stereocenters. The summed E-state index contributed by atoms with van der Waals surface area (Å²) in [6.45, 7) is 10.3. The van der Waals surface area contributed by atoms with Gasteiger partial charge in [0.1, 0.15) is 12.1 Å². The van der Waals surface area contributed by atoms with Gasteiger partial charge in [-0.05, 0) is 77.0 Å². The largest absolute Gasteiger partial charge is 0.322 e. The van der Waals surface area contributed by atoms with Crippen molar-refractivity contribution in [3.8, 4) is 0 Å². The average Bonchev–Trinajstić information content (AvgIpc) is 3.22. The van der Waals surface area contributed by atoms with Gasteiger partial charge in [0.2, 0.25) is 0 Å².